The third-order valence-corrected chi connectivity index (χ3v) is 1.24. The molecule has 0 saturated heterocycles. The number of hydrogen-bond acceptors (Lipinski definition) is 3. The van der Waals surface area contributed by atoms with Crippen LogP contribution in [0.3, 0.4) is 0 Å². The number of nitrogens with one attached hydrogen (secondary N) is 2. The first-order valence-corrected chi connectivity index (χ1v) is 3.47. The summed E-state index contributed by atoms with van der Waals surface area (Å²) in [5.74, 6) is 5.02. The lowest BCUT2D eigenvalue weighted by Gasteiger charge is -2.10. The van der Waals surface area contributed by atoms with Crippen LogP contribution in [0.25, 0.3) is 0 Å². The van der Waals surface area contributed by atoms with Gasteiger partial charge in [-0.15, -0.1) is 0 Å². The number of likely N-dealkylation sites (N-methyl/N-ethyl adjacent to an activating group) is 1. The number of nitrogens with zero attached hydrogens (tertiary/aromatic N) is 1. The van der Waals surface area contributed by atoms with E-state index >= 15 is 0 Å². The largest absolute Gasteiger partial charge is 0.360 e. The number of hydrogen-bond donors (Lipinski definition) is 3. The predicted molar refractivity (Wildman–Crippen MR) is 46.5 cm³/mol. The van der Waals surface area contributed by atoms with Crippen LogP contribution in [0.2, 0.25) is 0 Å². The molecule has 0 heterocycles. The van der Waals surface area contributed by atoms with Crippen LogP contribution in [0, 0.1) is 0 Å². The van der Waals surface area contributed by atoms with Gasteiger partial charge in [-0.2, -0.15) is 0 Å². The first-order valence-electron chi connectivity index (χ1n) is 3.06. The Hall–Kier alpha value is -0.390. The molecule has 4 N–H and O–H groups in total. The molecule has 0 bridgehead atoms. The minimum atomic E-state index is 0.488. The second-order valence-corrected chi connectivity index (χ2v) is 2.61. The van der Waals surface area contributed by atoms with Crippen LogP contribution in [0.5, 0.6) is 0 Å². The van der Waals surface area contributed by atoms with Gasteiger partial charge in [-0.3, -0.25) is 0 Å². The monoisotopic (exact) mass is 162 g/mol. The fourth-order valence-electron chi connectivity index (χ4n) is 0.444. The molecule has 0 amide bonds. The summed E-state index contributed by atoms with van der Waals surface area (Å²) in [4.78, 5) is 2.06. The van der Waals surface area contributed by atoms with Crippen molar-refractivity contribution < 1.29 is 0 Å². The highest BCUT2D eigenvalue weighted by molar-refractivity contribution is 7.80. The first-order chi connectivity index (χ1) is 4.66. The van der Waals surface area contributed by atoms with Gasteiger partial charge in [-0.05, 0) is 26.3 Å². The van der Waals surface area contributed by atoms with Crippen LogP contribution in [-0.4, -0.2) is 37.2 Å². The van der Waals surface area contributed by atoms with Gasteiger partial charge in [0.15, 0.2) is 5.11 Å². The number of thiocarbonyl (C=S) groups is 1. The maximum absolute atomic E-state index is 5.02. The normalized spacial score (nSPS) is 9.60. The van der Waals surface area contributed by atoms with Crippen molar-refractivity contribution in [1.29, 1.82) is 0 Å². The fourth-order valence-corrected chi connectivity index (χ4v) is 0.546. The minimum Gasteiger partial charge on any atom is -0.360 e. The Labute approximate surface area is 66.7 Å². The molecule has 0 fully saturated rings. The van der Waals surface area contributed by atoms with E-state index in [1.165, 1.54) is 0 Å². The average molecular weight is 162 g/mol. The number of hydrazine groups is 1. The van der Waals surface area contributed by atoms with Gasteiger partial charge in [0, 0.05) is 13.1 Å². The molecule has 0 aliphatic rings. The maximum atomic E-state index is 5.02. The molecule has 0 atom stereocenters. The van der Waals surface area contributed by atoms with Crippen LogP contribution in [0.1, 0.15) is 0 Å². The van der Waals surface area contributed by atoms with Gasteiger partial charge in [0.2, 0.25) is 0 Å². The zero-order chi connectivity index (χ0) is 7.98. The minimum absolute atomic E-state index is 0.488. The van der Waals surface area contributed by atoms with E-state index in [-0.39, 0.29) is 0 Å². The van der Waals surface area contributed by atoms with Crippen molar-refractivity contribution in [2.45, 2.75) is 0 Å². The molecule has 60 valence electrons. The quantitative estimate of drug-likeness (QED) is 0.279. The summed E-state index contributed by atoms with van der Waals surface area (Å²) in [5.41, 5.74) is 2.34. The van der Waals surface area contributed by atoms with E-state index < -0.39 is 0 Å². The lowest BCUT2D eigenvalue weighted by molar-refractivity contribution is 0.412. The van der Waals surface area contributed by atoms with Crippen LogP contribution < -0.4 is 16.6 Å². The molecule has 0 unspecified atom stereocenters. The molecule has 10 heavy (non-hydrogen) atoms. The van der Waals surface area contributed by atoms with Crippen molar-refractivity contribution in [3.63, 3.8) is 0 Å². The number of nitrogens with two attached hydrogens (primary N) is 1. The van der Waals surface area contributed by atoms with E-state index in [0.717, 1.165) is 13.1 Å². The molecule has 0 radical (unpaired) electrons. The third kappa shape index (κ3) is 5.74. The Morgan fingerprint density at radius 1 is 1.60 bits per heavy atom. The van der Waals surface area contributed by atoms with Crippen LogP contribution in [0.4, 0.5) is 0 Å². The van der Waals surface area contributed by atoms with Crippen molar-refractivity contribution in [3.05, 3.63) is 0 Å². The standard InChI is InChI=1S/C5H14N4S/c1-9(2)4-3-7-5(10)8-6/h3-4,6H2,1-2H3,(H2,7,8,10). The second kappa shape index (κ2) is 5.40. The van der Waals surface area contributed by atoms with E-state index in [2.05, 4.69) is 15.6 Å². The molecule has 0 aliphatic carbocycles. The highest BCUT2D eigenvalue weighted by Crippen LogP contribution is 1.70. The lowest BCUT2D eigenvalue weighted by atomic mass is 10.6. The SMILES string of the molecule is CN(C)CCNC(=S)NN. The Morgan fingerprint density at radius 3 is 2.60 bits per heavy atom. The Bertz CT molecular complexity index is 104. The Balaban J connectivity index is 3.12. The maximum Gasteiger partial charge on any atom is 0.180 e. The molecule has 0 saturated carbocycles. The number of rotatable bonds is 3. The van der Waals surface area contributed by atoms with Gasteiger partial charge in [0.05, 0.1) is 0 Å². The molecule has 0 aromatic carbocycles. The Morgan fingerprint density at radius 2 is 2.20 bits per heavy atom. The van der Waals surface area contributed by atoms with Crippen molar-refractivity contribution in [2.75, 3.05) is 27.2 Å². The van der Waals surface area contributed by atoms with Gasteiger partial charge < -0.3 is 15.6 Å². The molecule has 0 aliphatic heterocycles. The average Bonchev–Trinajstić information content (AvgIpc) is 1.87. The molecular weight excluding hydrogens is 148 g/mol. The van der Waals surface area contributed by atoms with Gasteiger partial charge in [-0.25, -0.2) is 5.84 Å². The molecule has 0 aromatic rings. The summed E-state index contributed by atoms with van der Waals surface area (Å²) in [6, 6.07) is 0. The summed E-state index contributed by atoms with van der Waals surface area (Å²) in [6.07, 6.45) is 0. The summed E-state index contributed by atoms with van der Waals surface area (Å²) in [5, 5.41) is 3.41. The molecule has 4 nitrogen and oxygen atoms in total. The zero-order valence-electron chi connectivity index (χ0n) is 6.35. The molecule has 0 aromatic heterocycles. The van der Waals surface area contributed by atoms with E-state index in [4.69, 9.17) is 18.1 Å². The smallest absolute Gasteiger partial charge is 0.180 e. The summed E-state index contributed by atoms with van der Waals surface area (Å²) in [7, 11) is 4.00. The van der Waals surface area contributed by atoms with Crippen molar-refractivity contribution in [3.8, 4) is 0 Å². The summed E-state index contributed by atoms with van der Waals surface area (Å²) in [6.45, 7) is 1.76. The van der Waals surface area contributed by atoms with Crippen molar-refractivity contribution in [1.82, 2.24) is 15.6 Å². The molecular formula is C5H14N4S. The Kier molecular flexibility index (Phi) is 5.19. The van der Waals surface area contributed by atoms with Gasteiger partial charge in [0.25, 0.3) is 0 Å². The lowest BCUT2D eigenvalue weighted by Crippen LogP contribution is -2.42. The van der Waals surface area contributed by atoms with Crippen LogP contribution in [0.15, 0.2) is 0 Å². The van der Waals surface area contributed by atoms with Gasteiger partial charge >= 0.3 is 0 Å². The zero-order valence-corrected chi connectivity index (χ0v) is 7.16. The highest BCUT2D eigenvalue weighted by Gasteiger charge is 1.90. The van der Waals surface area contributed by atoms with Gasteiger partial charge in [0.1, 0.15) is 0 Å². The summed E-state index contributed by atoms with van der Waals surface area (Å²) < 4.78 is 0. The van der Waals surface area contributed by atoms with E-state index in [1.54, 1.807) is 0 Å². The van der Waals surface area contributed by atoms with Crippen molar-refractivity contribution >= 4 is 17.3 Å². The predicted octanol–water partition coefficient (Wildman–Crippen LogP) is -1.11. The molecule has 5 heteroatoms. The first kappa shape index (κ1) is 9.61. The molecule has 0 spiro atoms. The van der Waals surface area contributed by atoms with Crippen molar-refractivity contribution in [2.24, 2.45) is 5.84 Å². The third-order valence-electron chi connectivity index (χ3n) is 0.976. The topological polar surface area (TPSA) is 53.3 Å². The van der Waals surface area contributed by atoms with E-state index in [0.29, 0.717) is 5.11 Å². The van der Waals surface area contributed by atoms with Crippen LogP contribution in [-0.2, 0) is 0 Å². The fraction of sp³-hybridized carbons (Fsp3) is 0.800. The summed E-state index contributed by atoms with van der Waals surface area (Å²) >= 11 is 4.74. The van der Waals surface area contributed by atoms with E-state index in [9.17, 15) is 0 Å². The highest BCUT2D eigenvalue weighted by atomic mass is 32.1. The molecule has 0 rings (SSSR count). The van der Waals surface area contributed by atoms with Gasteiger partial charge in [-0.1, -0.05) is 0 Å². The van der Waals surface area contributed by atoms with E-state index in [1.807, 2.05) is 14.1 Å². The van der Waals surface area contributed by atoms with Crippen LogP contribution >= 0.6 is 12.2 Å². The second-order valence-electron chi connectivity index (χ2n) is 2.20.